The first-order chi connectivity index (χ1) is 6.54. The van der Waals surface area contributed by atoms with Crippen LogP contribution in [0.5, 0.6) is 0 Å². The van der Waals surface area contributed by atoms with Crippen molar-refractivity contribution in [1.82, 2.24) is 0 Å². The van der Waals surface area contributed by atoms with E-state index in [1.807, 2.05) is 6.92 Å². The summed E-state index contributed by atoms with van der Waals surface area (Å²) < 4.78 is 26.7. The van der Waals surface area contributed by atoms with Crippen LogP contribution < -0.4 is 0 Å². The molecule has 0 spiro atoms. The third kappa shape index (κ3) is 3.04. The van der Waals surface area contributed by atoms with Crippen LogP contribution in [0, 0.1) is 5.41 Å². The zero-order chi connectivity index (χ0) is 10.7. The molecular formula is C8H17O5P. The maximum absolute atomic E-state index is 11.3. The number of rotatable bonds is 4. The summed E-state index contributed by atoms with van der Waals surface area (Å²) in [6, 6.07) is 0. The van der Waals surface area contributed by atoms with Crippen molar-refractivity contribution in [3.05, 3.63) is 0 Å². The highest BCUT2D eigenvalue weighted by molar-refractivity contribution is 7.53. The lowest BCUT2D eigenvalue weighted by atomic mass is 9.93. The summed E-state index contributed by atoms with van der Waals surface area (Å²) in [5.74, 6) is 0. The van der Waals surface area contributed by atoms with E-state index in [0.717, 1.165) is 0 Å². The molecule has 1 saturated heterocycles. The molecule has 0 atom stereocenters. The number of aliphatic hydroxyl groups is 1. The number of hydrogen-bond donors (Lipinski definition) is 1. The number of ether oxygens (including phenoxy) is 1. The van der Waals surface area contributed by atoms with E-state index in [1.54, 1.807) is 0 Å². The van der Waals surface area contributed by atoms with Gasteiger partial charge in [-0.2, -0.15) is 0 Å². The van der Waals surface area contributed by atoms with Crippen LogP contribution in [0.15, 0.2) is 0 Å². The quantitative estimate of drug-likeness (QED) is 0.718. The lowest BCUT2D eigenvalue weighted by Crippen LogP contribution is -2.42. The summed E-state index contributed by atoms with van der Waals surface area (Å²) in [5.41, 5.74) is -0.556. The van der Waals surface area contributed by atoms with Crippen LogP contribution in [0.1, 0.15) is 6.92 Å². The zero-order valence-electron chi connectivity index (χ0n) is 8.56. The predicted octanol–water partition coefficient (Wildman–Crippen LogP) is 0.871. The summed E-state index contributed by atoms with van der Waals surface area (Å²) in [4.78, 5) is 0. The standard InChI is InChI=1S/C8H17O5P/c1-3-11-5-8(4-9)6-12-14(2,10)13-7-8/h9H,3-7H2,1-2H3. The van der Waals surface area contributed by atoms with Gasteiger partial charge in [0.25, 0.3) is 0 Å². The second-order valence-electron chi connectivity index (χ2n) is 3.61. The second kappa shape index (κ2) is 4.73. The molecule has 1 rings (SSSR count). The van der Waals surface area contributed by atoms with Crippen molar-refractivity contribution in [2.75, 3.05) is 39.7 Å². The van der Waals surface area contributed by atoms with Gasteiger partial charge in [-0.1, -0.05) is 0 Å². The first kappa shape index (κ1) is 12.1. The van der Waals surface area contributed by atoms with E-state index >= 15 is 0 Å². The summed E-state index contributed by atoms with van der Waals surface area (Å²) in [6.45, 7) is 4.59. The lowest BCUT2D eigenvalue weighted by molar-refractivity contribution is -0.0699. The van der Waals surface area contributed by atoms with Crippen molar-refractivity contribution in [1.29, 1.82) is 0 Å². The average molecular weight is 224 g/mol. The maximum atomic E-state index is 11.3. The molecule has 5 nitrogen and oxygen atoms in total. The van der Waals surface area contributed by atoms with Crippen molar-refractivity contribution in [2.45, 2.75) is 6.92 Å². The molecule has 0 aromatic rings. The molecule has 0 amide bonds. The normalized spacial score (nSPS) is 38.5. The molecule has 1 fully saturated rings. The van der Waals surface area contributed by atoms with E-state index in [-0.39, 0.29) is 19.8 Å². The fourth-order valence-electron chi connectivity index (χ4n) is 1.13. The third-order valence-corrected chi connectivity index (χ3v) is 3.35. The SMILES string of the molecule is CCOCC1(CO)COP(C)(=O)OC1. The number of hydrogen-bond acceptors (Lipinski definition) is 5. The van der Waals surface area contributed by atoms with Gasteiger partial charge >= 0.3 is 7.60 Å². The molecule has 1 aliphatic rings. The summed E-state index contributed by atoms with van der Waals surface area (Å²) >= 11 is 0. The Morgan fingerprint density at radius 2 is 2.07 bits per heavy atom. The molecule has 0 aliphatic carbocycles. The minimum Gasteiger partial charge on any atom is -0.396 e. The van der Waals surface area contributed by atoms with E-state index in [2.05, 4.69) is 0 Å². The van der Waals surface area contributed by atoms with Gasteiger partial charge in [0.2, 0.25) is 0 Å². The topological polar surface area (TPSA) is 65.0 Å². The highest BCUT2D eigenvalue weighted by Crippen LogP contribution is 2.50. The molecule has 0 radical (unpaired) electrons. The smallest absolute Gasteiger partial charge is 0.327 e. The molecule has 0 aromatic carbocycles. The minimum atomic E-state index is -2.88. The second-order valence-corrected chi connectivity index (χ2v) is 5.67. The Kier molecular flexibility index (Phi) is 4.10. The van der Waals surface area contributed by atoms with E-state index < -0.39 is 13.0 Å². The van der Waals surface area contributed by atoms with Gasteiger partial charge in [0.15, 0.2) is 0 Å². The molecule has 0 unspecified atom stereocenters. The van der Waals surface area contributed by atoms with Gasteiger partial charge in [0.1, 0.15) is 0 Å². The molecule has 6 heteroatoms. The third-order valence-electron chi connectivity index (χ3n) is 2.16. The van der Waals surface area contributed by atoms with E-state index in [0.29, 0.717) is 13.2 Å². The first-order valence-corrected chi connectivity index (χ1v) is 6.58. The summed E-state index contributed by atoms with van der Waals surface area (Å²) in [6.07, 6.45) is 0. The average Bonchev–Trinajstić information content (AvgIpc) is 2.18. The van der Waals surface area contributed by atoms with Crippen LogP contribution in [-0.2, 0) is 18.3 Å². The van der Waals surface area contributed by atoms with Gasteiger partial charge in [-0.05, 0) is 6.92 Å². The van der Waals surface area contributed by atoms with Crippen LogP contribution >= 0.6 is 7.60 Å². The van der Waals surface area contributed by atoms with Crippen LogP contribution in [0.2, 0.25) is 0 Å². The van der Waals surface area contributed by atoms with Gasteiger partial charge in [0.05, 0.1) is 31.8 Å². The van der Waals surface area contributed by atoms with Crippen molar-refractivity contribution in [3.8, 4) is 0 Å². The largest absolute Gasteiger partial charge is 0.396 e. The van der Waals surface area contributed by atoms with Crippen LogP contribution in [-0.4, -0.2) is 44.8 Å². The Morgan fingerprint density at radius 3 is 2.50 bits per heavy atom. The Labute approximate surface area is 83.9 Å². The van der Waals surface area contributed by atoms with Gasteiger partial charge in [-0.15, -0.1) is 0 Å². The van der Waals surface area contributed by atoms with Gasteiger partial charge in [-0.25, -0.2) is 0 Å². The zero-order valence-corrected chi connectivity index (χ0v) is 9.46. The predicted molar refractivity (Wildman–Crippen MR) is 51.4 cm³/mol. The molecule has 0 saturated carbocycles. The highest BCUT2D eigenvalue weighted by atomic mass is 31.2. The molecule has 0 bridgehead atoms. The molecular weight excluding hydrogens is 207 g/mol. The first-order valence-electron chi connectivity index (χ1n) is 4.59. The van der Waals surface area contributed by atoms with Crippen LogP contribution in [0.3, 0.4) is 0 Å². The minimum absolute atomic E-state index is 0.0903. The number of aliphatic hydroxyl groups excluding tert-OH is 1. The fraction of sp³-hybridized carbons (Fsp3) is 1.00. The summed E-state index contributed by atoms with van der Waals surface area (Å²) in [5, 5.41) is 9.21. The van der Waals surface area contributed by atoms with Crippen molar-refractivity contribution >= 4 is 7.60 Å². The molecule has 1 heterocycles. The van der Waals surface area contributed by atoms with Crippen LogP contribution in [0.25, 0.3) is 0 Å². The monoisotopic (exact) mass is 224 g/mol. The molecule has 84 valence electrons. The molecule has 14 heavy (non-hydrogen) atoms. The molecule has 1 N–H and O–H groups in total. The summed E-state index contributed by atoms with van der Waals surface area (Å²) in [7, 11) is -2.88. The Balaban J connectivity index is 2.52. The van der Waals surface area contributed by atoms with Crippen LogP contribution in [0.4, 0.5) is 0 Å². The van der Waals surface area contributed by atoms with Gasteiger partial charge in [-0.3, -0.25) is 4.57 Å². The maximum Gasteiger partial charge on any atom is 0.327 e. The lowest BCUT2D eigenvalue weighted by Gasteiger charge is -2.36. The van der Waals surface area contributed by atoms with Gasteiger partial charge in [0, 0.05) is 13.3 Å². The van der Waals surface area contributed by atoms with E-state index in [1.165, 1.54) is 6.66 Å². The Hall–Kier alpha value is 0.0700. The van der Waals surface area contributed by atoms with E-state index in [9.17, 15) is 9.67 Å². The van der Waals surface area contributed by atoms with E-state index in [4.69, 9.17) is 13.8 Å². The van der Waals surface area contributed by atoms with Crippen molar-refractivity contribution in [2.24, 2.45) is 5.41 Å². The molecule has 0 aromatic heterocycles. The molecule has 1 aliphatic heterocycles. The van der Waals surface area contributed by atoms with Crippen molar-refractivity contribution < 1.29 is 23.5 Å². The Bertz CT molecular complexity index is 218. The Morgan fingerprint density at radius 1 is 1.50 bits per heavy atom. The fourth-order valence-corrected chi connectivity index (χ4v) is 2.22. The van der Waals surface area contributed by atoms with Crippen molar-refractivity contribution in [3.63, 3.8) is 0 Å². The highest BCUT2D eigenvalue weighted by Gasteiger charge is 2.39. The van der Waals surface area contributed by atoms with Gasteiger partial charge < -0.3 is 18.9 Å².